The molecule has 74 valence electrons. The number of nitrogens with one attached hydrogen (secondary N) is 1. The maximum atomic E-state index is 9.81. The Morgan fingerprint density at radius 1 is 1.57 bits per heavy atom. The lowest BCUT2D eigenvalue weighted by atomic mass is 9.43. The van der Waals surface area contributed by atoms with Crippen molar-refractivity contribution in [2.45, 2.75) is 19.0 Å². The fraction of sp³-hybridized carbons (Fsp3) is 0.444. The minimum atomic E-state index is -1.59. The molecule has 5 heteroatoms. The van der Waals surface area contributed by atoms with E-state index in [1.165, 1.54) is 0 Å². The van der Waals surface area contributed by atoms with Crippen LogP contribution in [0.1, 0.15) is 5.56 Å². The lowest BCUT2D eigenvalue weighted by Crippen LogP contribution is -2.70. The van der Waals surface area contributed by atoms with Gasteiger partial charge in [0.05, 0.1) is 0 Å². The fourth-order valence-electron chi connectivity index (χ4n) is 2.35. The second-order valence-corrected chi connectivity index (χ2v) is 4.11. The number of hydrogen-bond acceptors (Lipinski definition) is 3. The summed E-state index contributed by atoms with van der Waals surface area (Å²) < 4.78 is 11.1. The topological polar surface area (TPSA) is 52.8 Å². The number of rotatable bonds is 1. The van der Waals surface area contributed by atoms with Gasteiger partial charge in [-0.2, -0.15) is 0 Å². The number of hydrogen-bond donors (Lipinski definition) is 1. The molecule has 0 aromatic carbocycles. The molecule has 3 unspecified atom stereocenters. The molecule has 14 heavy (non-hydrogen) atoms. The Kier molecular flexibility index (Phi) is 1.54. The standard InChI is InChI=1S/C9H11BNO3/c1-6-2-7(4-11-3-6)10-9(12)8(14-10)5-13-10/h2-4,8-9,12H,5H2,1H3/q-1/p+1. The lowest BCUT2D eigenvalue weighted by molar-refractivity contribution is -0.377. The molecule has 2 N–H and O–H groups in total. The first-order valence-corrected chi connectivity index (χ1v) is 4.85. The SMILES string of the molecule is Cc1c[nH+]cc([B-]23OCC(O2)C3O)c1. The van der Waals surface area contributed by atoms with E-state index in [-0.39, 0.29) is 6.10 Å². The van der Waals surface area contributed by atoms with Gasteiger partial charge in [-0.05, 0) is 6.92 Å². The van der Waals surface area contributed by atoms with Crippen molar-refractivity contribution in [2.75, 3.05) is 6.61 Å². The van der Waals surface area contributed by atoms with Gasteiger partial charge in [0.1, 0.15) is 6.20 Å². The molecule has 4 nitrogen and oxygen atoms in total. The van der Waals surface area contributed by atoms with Gasteiger partial charge in [0, 0.05) is 24.3 Å². The van der Waals surface area contributed by atoms with Crippen LogP contribution in [0.4, 0.5) is 0 Å². The number of aryl methyl sites for hydroxylation is 1. The molecule has 3 aliphatic heterocycles. The molecule has 3 saturated heterocycles. The minimum Gasteiger partial charge on any atom is -0.561 e. The number of fused-ring (bicyclic) bond motifs is 1. The van der Waals surface area contributed by atoms with Crippen molar-refractivity contribution in [1.29, 1.82) is 0 Å². The summed E-state index contributed by atoms with van der Waals surface area (Å²) in [7, 11) is 0. The highest BCUT2D eigenvalue weighted by molar-refractivity contribution is 6.85. The predicted octanol–water partition coefficient (Wildman–Crippen LogP) is -1.21. The van der Waals surface area contributed by atoms with Crippen molar-refractivity contribution in [1.82, 2.24) is 0 Å². The number of aliphatic hydroxyl groups is 1. The van der Waals surface area contributed by atoms with Gasteiger partial charge in [-0.1, -0.05) is 11.5 Å². The predicted molar refractivity (Wildman–Crippen MR) is 50.0 cm³/mol. The molecule has 0 saturated carbocycles. The van der Waals surface area contributed by atoms with Crippen molar-refractivity contribution in [3.05, 3.63) is 24.0 Å². The van der Waals surface area contributed by atoms with E-state index in [0.717, 1.165) is 11.0 Å². The number of aliphatic hydroxyl groups excluding tert-OH is 1. The molecule has 2 bridgehead atoms. The second-order valence-electron chi connectivity index (χ2n) is 4.11. The zero-order valence-corrected chi connectivity index (χ0v) is 7.93. The summed E-state index contributed by atoms with van der Waals surface area (Å²) in [6.07, 6.45) is 3.61. The summed E-state index contributed by atoms with van der Waals surface area (Å²) in [6.45, 7) is 0.914. The van der Waals surface area contributed by atoms with Crippen LogP contribution < -0.4 is 10.4 Å². The molecule has 3 atom stereocenters. The van der Waals surface area contributed by atoms with Crippen LogP contribution in [0.5, 0.6) is 0 Å². The summed E-state index contributed by atoms with van der Waals surface area (Å²) >= 11 is 0. The molecule has 1 aromatic heterocycles. The summed E-state index contributed by atoms with van der Waals surface area (Å²) in [5.41, 5.74) is 2.03. The first-order chi connectivity index (χ1) is 6.72. The van der Waals surface area contributed by atoms with Crippen LogP contribution in [-0.2, 0) is 9.31 Å². The van der Waals surface area contributed by atoms with Crippen LogP contribution in [0.25, 0.3) is 0 Å². The van der Waals surface area contributed by atoms with Crippen molar-refractivity contribution in [3.63, 3.8) is 0 Å². The van der Waals surface area contributed by atoms with Crippen LogP contribution in [-0.4, -0.2) is 30.4 Å². The van der Waals surface area contributed by atoms with Gasteiger partial charge >= 0.3 is 6.55 Å². The van der Waals surface area contributed by atoms with Gasteiger partial charge < -0.3 is 14.4 Å². The molecule has 3 aliphatic rings. The molecule has 4 rings (SSSR count). The normalized spacial score (nSPS) is 39.6. The molecule has 0 spiro atoms. The van der Waals surface area contributed by atoms with Gasteiger partial charge in [-0.3, -0.25) is 0 Å². The average molecular weight is 193 g/mol. The largest absolute Gasteiger partial charge is 0.561 e. The highest BCUT2D eigenvalue weighted by Crippen LogP contribution is 2.36. The maximum Gasteiger partial charge on any atom is 0.305 e. The van der Waals surface area contributed by atoms with Crippen LogP contribution >= 0.6 is 0 Å². The van der Waals surface area contributed by atoms with E-state index in [1.54, 1.807) is 0 Å². The molecule has 4 heterocycles. The Morgan fingerprint density at radius 2 is 2.43 bits per heavy atom. The first-order valence-electron chi connectivity index (χ1n) is 4.85. The fourth-order valence-corrected chi connectivity index (χ4v) is 2.35. The monoisotopic (exact) mass is 193 g/mol. The van der Waals surface area contributed by atoms with Crippen LogP contribution in [0, 0.1) is 6.92 Å². The lowest BCUT2D eigenvalue weighted by Gasteiger charge is -2.49. The quantitative estimate of drug-likeness (QED) is 0.569. The Balaban J connectivity index is 2.03. The molecular formula is C9H12BNO3. The zero-order valence-electron chi connectivity index (χ0n) is 7.93. The number of H-pyrrole nitrogens is 1. The summed E-state index contributed by atoms with van der Waals surface area (Å²) in [4.78, 5) is 3.02. The average Bonchev–Trinajstić information content (AvgIpc) is 2.75. The summed E-state index contributed by atoms with van der Waals surface area (Å²) in [5.74, 6) is 0. The first kappa shape index (κ1) is 8.41. The van der Waals surface area contributed by atoms with Crippen molar-refractivity contribution < 1.29 is 19.4 Å². The van der Waals surface area contributed by atoms with Gasteiger partial charge in [0.2, 0.25) is 0 Å². The molecule has 3 fully saturated rings. The Morgan fingerprint density at radius 3 is 3.00 bits per heavy atom. The van der Waals surface area contributed by atoms with E-state index in [2.05, 4.69) is 4.98 Å². The van der Waals surface area contributed by atoms with Gasteiger partial charge in [0.25, 0.3) is 0 Å². The molecule has 0 amide bonds. The van der Waals surface area contributed by atoms with Gasteiger partial charge in [0.15, 0.2) is 6.20 Å². The molecular weight excluding hydrogens is 181 g/mol. The third-order valence-electron chi connectivity index (χ3n) is 3.14. The van der Waals surface area contributed by atoms with Crippen LogP contribution in [0.2, 0.25) is 0 Å². The number of aromatic nitrogens is 1. The molecule has 0 radical (unpaired) electrons. The smallest absolute Gasteiger partial charge is 0.305 e. The zero-order chi connectivity index (χ0) is 9.76. The minimum absolute atomic E-state index is 0.115. The summed E-state index contributed by atoms with van der Waals surface area (Å²) in [5, 5.41) is 9.81. The summed E-state index contributed by atoms with van der Waals surface area (Å²) in [6, 6.07) is 1.52. The van der Waals surface area contributed by atoms with Crippen molar-refractivity contribution in [2.24, 2.45) is 0 Å². The van der Waals surface area contributed by atoms with Gasteiger partial charge in [-0.15, -0.1) is 0 Å². The van der Waals surface area contributed by atoms with E-state index in [4.69, 9.17) is 9.31 Å². The highest BCUT2D eigenvalue weighted by atomic mass is 16.7. The Hall–Kier alpha value is -0.905. The Bertz CT molecular complexity index is 382. The third-order valence-corrected chi connectivity index (χ3v) is 3.14. The molecule has 1 aromatic rings. The van der Waals surface area contributed by atoms with Crippen molar-refractivity contribution >= 4 is 12.0 Å². The van der Waals surface area contributed by atoms with Crippen molar-refractivity contribution in [3.8, 4) is 0 Å². The molecule has 0 aliphatic carbocycles. The van der Waals surface area contributed by atoms with E-state index in [1.807, 2.05) is 25.4 Å². The second kappa shape index (κ2) is 2.56. The van der Waals surface area contributed by atoms with Crippen LogP contribution in [0.15, 0.2) is 18.5 Å². The van der Waals surface area contributed by atoms with E-state index < -0.39 is 12.6 Å². The number of pyridine rings is 1. The van der Waals surface area contributed by atoms with E-state index in [9.17, 15) is 5.11 Å². The van der Waals surface area contributed by atoms with Gasteiger partial charge in [-0.25, -0.2) is 4.98 Å². The Labute approximate surface area is 81.8 Å². The van der Waals surface area contributed by atoms with Crippen LogP contribution in [0.3, 0.4) is 0 Å². The van der Waals surface area contributed by atoms with E-state index >= 15 is 0 Å². The third kappa shape index (κ3) is 0.868. The highest BCUT2D eigenvalue weighted by Gasteiger charge is 2.57. The van der Waals surface area contributed by atoms with E-state index in [0.29, 0.717) is 6.61 Å². The maximum absolute atomic E-state index is 9.81. The number of aromatic amines is 1.